The summed E-state index contributed by atoms with van der Waals surface area (Å²) in [5, 5.41) is 0. The van der Waals surface area contributed by atoms with Gasteiger partial charge >= 0.3 is 24.3 Å². The van der Waals surface area contributed by atoms with Gasteiger partial charge < -0.3 is 19.1 Å². The van der Waals surface area contributed by atoms with Gasteiger partial charge in [0.25, 0.3) is 0 Å². The standard InChI is InChI=1S/C23H27F3N4O6/c1-6-35-20(32)30(21(33)36-22(2,3)4)16(18(31)34-5)14-29(15-10-8-7-9-11-15)19-27-13-12-17(28-19)23(24,25)26/h7-13,16H,6,14H2,1-5H3. The number of halogens is 3. The van der Waals surface area contributed by atoms with Crippen molar-refractivity contribution in [1.29, 1.82) is 0 Å². The Labute approximate surface area is 206 Å². The summed E-state index contributed by atoms with van der Waals surface area (Å²) in [7, 11) is 1.03. The molecule has 1 aromatic carbocycles. The SMILES string of the molecule is CCOC(=O)N(C(=O)OC(C)(C)C)C(CN(c1ccccc1)c1nccc(C(F)(F)F)n1)C(=O)OC. The second kappa shape index (κ2) is 11.7. The molecular formula is C23H27F3N4O6. The van der Waals surface area contributed by atoms with Gasteiger partial charge in [0.1, 0.15) is 11.3 Å². The molecule has 2 rings (SSSR count). The molecule has 0 aliphatic carbocycles. The van der Waals surface area contributed by atoms with E-state index in [1.807, 2.05) is 0 Å². The second-order valence-corrected chi connectivity index (χ2v) is 8.27. The lowest BCUT2D eigenvalue weighted by Gasteiger charge is -2.33. The first kappa shape index (κ1) is 28.3. The van der Waals surface area contributed by atoms with Crippen molar-refractivity contribution in [3.05, 3.63) is 48.3 Å². The van der Waals surface area contributed by atoms with Crippen LogP contribution in [0.3, 0.4) is 0 Å². The van der Waals surface area contributed by atoms with E-state index in [0.29, 0.717) is 11.0 Å². The molecule has 10 nitrogen and oxygen atoms in total. The largest absolute Gasteiger partial charge is 0.467 e. The summed E-state index contributed by atoms with van der Waals surface area (Å²) in [5.41, 5.74) is -2.00. The lowest BCUT2D eigenvalue weighted by atomic mass is 10.2. The Morgan fingerprint density at radius 1 is 1.03 bits per heavy atom. The number of benzene rings is 1. The van der Waals surface area contributed by atoms with E-state index in [0.717, 1.165) is 18.2 Å². The molecule has 13 heteroatoms. The third-order valence-corrected chi connectivity index (χ3v) is 4.44. The third kappa shape index (κ3) is 7.55. The van der Waals surface area contributed by atoms with Crippen molar-refractivity contribution in [3.63, 3.8) is 0 Å². The van der Waals surface area contributed by atoms with E-state index < -0.39 is 54.2 Å². The van der Waals surface area contributed by atoms with Crippen LogP contribution in [0.5, 0.6) is 0 Å². The van der Waals surface area contributed by atoms with E-state index in [1.165, 1.54) is 19.1 Å². The fourth-order valence-electron chi connectivity index (χ4n) is 2.95. The first-order valence-corrected chi connectivity index (χ1v) is 10.8. The van der Waals surface area contributed by atoms with Crippen LogP contribution in [0.1, 0.15) is 33.4 Å². The fourth-order valence-corrected chi connectivity index (χ4v) is 2.95. The Balaban J connectivity index is 2.63. The number of aromatic nitrogens is 2. The molecule has 0 aliphatic rings. The predicted molar refractivity (Wildman–Crippen MR) is 121 cm³/mol. The quantitative estimate of drug-likeness (QED) is 0.389. The van der Waals surface area contributed by atoms with Gasteiger partial charge in [-0.15, -0.1) is 0 Å². The van der Waals surface area contributed by atoms with Crippen LogP contribution < -0.4 is 4.90 Å². The zero-order valence-corrected chi connectivity index (χ0v) is 20.4. The maximum atomic E-state index is 13.3. The summed E-state index contributed by atoms with van der Waals surface area (Å²) in [6.07, 6.45) is -6.28. The number of esters is 1. The maximum Gasteiger partial charge on any atom is 0.433 e. The van der Waals surface area contributed by atoms with Gasteiger partial charge in [0, 0.05) is 11.9 Å². The lowest BCUT2D eigenvalue weighted by Crippen LogP contribution is -2.55. The molecule has 1 unspecified atom stereocenters. The predicted octanol–water partition coefficient (Wildman–Crippen LogP) is 4.57. The smallest absolute Gasteiger partial charge is 0.433 e. The van der Waals surface area contributed by atoms with E-state index >= 15 is 0 Å². The van der Waals surface area contributed by atoms with Gasteiger partial charge in [0.15, 0.2) is 6.04 Å². The molecule has 0 spiro atoms. The molecule has 2 aromatic rings. The third-order valence-electron chi connectivity index (χ3n) is 4.44. The highest BCUT2D eigenvalue weighted by atomic mass is 19.4. The van der Waals surface area contributed by atoms with Gasteiger partial charge in [-0.05, 0) is 45.9 Å². The van der Waals surface area contributed by atoms with Gasteiger partial charge in [-0.3, -0.25) is 0 Å². The molecule has 0 saturated heterocycles. The zero-order valence-electron chi connectivity index (χ0n) is 20.4. The monoisotopic (exact) mass is 512 g/mol. The summed E-state index contributed by atoms with van der Waals surface area (Å²) in [6, 6.07) is 6.90. The molecule has 0 fully saturated rings. The number of hydrogen-bond donors (Lipinski definition) is 0. The van der Waals surface area contributed by atoms with Crippen molar-refractivity contribution in [2.75, 3.05) is 25.2 Å². The molecule has 1 aromatic heterocycles. The maximum absolute atomic E-state index is 13.3. The van der Waals surface area contributed by atoms with Crippen LogP contribution in [0.4, 0.5) is 34.4 Å². The van der Waals surface area contributed by atoms with Crippen LogP contribution in [0.15, 0.2) is 42.6 Å². The Morgan fingerprint density at radius 3 is 2.19 bits per heavy atom. The van der Waals surface area contributed by atoms with Gasteiger partial charge in [0.2, 0.25) is 5.95 Å². The average Bonchev–Trinajstić information content (AvgIpc) is 2.80. The minimum atomic E-state index is -4.77. The van der Waals surface area contributed by atoms with Crippen molar-refractivity contribution in [2.45, 2.75) is 45.5 Å². The number of anilines is 2. The summed E-state index contributed by atoms with van der Waals surface area (Å²) >= 11 is 0. The Bertz CT molecular complexity index is 1060. The molecular weight excluding hydrogens is 485 g/mol. The number of carbonyl (C=O) groups excluding carboxylic acids is 3. The normalized spacial score (nSPS) is 12.3. The first-order chi connectivity index (χ1) is 16.8. The minimum Gasteiger partial charge on any atom is -0.467 e. The summed E-state index contributed by atoms with van der Waals surface area (Å²) in [6.45, 7) is 5.43. The highest BCUT2D eigenvalue weighted by Gasteiger charge is 2.42. The number of rotatable bonds is 7. The number of methoxy groups -OCH3 is 1. The summed E-state index contributed by atoms with van der Waals surface area (Å²) in [5.74, 6) is -1.49. The molecule has 196 valence electrons. The number of amides is 2. The molecule has 0 saturated carbocycles. The van der Waals surface area contributed by atoms with E-state index in [2.05, 4.69) is 9.97 Å². The van der Waals surface area contributed by atoms with E-state index in [9.17, 15) is 27.6 Å². The topological polar surface area (TPSA) is 111 Å². The van der Waals surface area contributed by atoms with Crippen LogP contribution in [-0.2, 0) is 25.2 Å². The number of ether oxygens (including phenoxy) is 3. The van der Waals surface area contributed by atoms with Gasteiger partial charge in [0.05, 0.1) is 20.3 Å². The highest BCUT2D eigenvalue weighted by Crippen LogP contribution is 2.30. The number of nitrogens with zero attached hydrogens (tertiary/aromatic N) is 4. The van der Waals surface area contributed by atoms with Gasteiger partial charge in [-0.2, -0.15) is 18.1 Å². The highest BCUT2D eigenvalue weighted by molar-refractivity contribution is 5.94. The van der Waals surface area contributed by atoms with E-state index in [-0.39, 0.29) is 12.3 Å². The summed E-state index contributed by atoms with van der Waals surface area (Å²) in [4.78, 5) is 47.7. The second-order valence-electron chi connectivity index (χ2n) is 8.27. The van der Waals surface area contributed by atoms with E-state index in [4.69, 9.17) is 14.2 Å². The fraction of sp³-hybridized carbons (Fsp3) is 0.435. The van der Waals surface area contributed by atoms with Crippen LogP contribution in [0.2, 0.25) is 0 Å². The molecule has 0 aliphatic heterocycles. The van der Waals surface area contributed by atoms with Crippen molar-refractivity contribution in [3.8, 4) is 0 Å². The Morgan fingerprint density at radius 2 is 1.67 bits per heavy atom. The average molecular weight is 512 g/mol. The van der Waals surface area contributed by atoms with Crippen LogP contribution >= 0.6 is 0 Å². The zero-order chi connectivity index (χ0) is 27.1. The molecule has 0 bridgehead atoms. The molecule has 1 heterocycles. The minimum absolute atomic E-state index is 0.134. The number of para-hydroxylation sites is 1. The van der Waals surface area contributed by atoms with Crippen LogP contribution in [0.25, 0.3) is 0 Å². The first-order valence-electron chi connectivity index (χ1n) is 10.8. The van der Waals surface area contributed by atoms with Crippen LogP contribution in [-0.4, -0.2) is 64.9 Å². The molecule has 1 atom stereocenters. The lowest BCUT2D eigenvalue weighted by molar-refractivity contribution is -0.146. The summed E-state index contributed by atoms with van der Waals surface area (Å²) < 4.78 is 55.1. The number of hydrogen-bond acceptors (Lipinski definition) is 9. The van der Waals surface area contributed by atoms with Crippen molar-refractivity contribution >= 4 is 29.8 Å². The van der Waals surface area contributed by atoms with Crippen molar-refractivity contribution < 1.29 is 41.8 Å². The molecule has 0 N–H and O–H groups in total. The molecule has 0 radical (unpaired) electrons. The Hall–Kier alpha value is -3.90. The van der Waals surface area contributed by atoms with Crippen molar-refractivity contribution in [1.82, 2.24) is 14.9 Å². The number of carbonyl (C=O) groups is 3. The van der Waals surface area contributed by atoms with E-state index in [1.54, 1.807) is 39.0 Å². The Kier molecular flexibility index (Phi) is 9.20. The molecule has 36 heavy (non-hydrogen) atoms. The number of alkyl halides is 3. The number of imide groups is 1. The van der Waals surface area contributed by atoms with Gasteiger partial charge in [-0.25, -0.2) is 24.4 Å². The van der Waals surface area contributed by atoms with Crippen molar-refractivity contribution in [2.24, 2.45) is 0 Å². The molecule has 2 amide bonds. The van der Waals surface area contributed by atoms with Gasteiger partial charge in [-0.1, -0.05) is 18.2 Å². The van der Waals surface area contributed by atoms with Crippen LogP contribution in [0, 0.1) is 0 Å².